The van der Waals surface area contributed by atoms with Gasteiger partial charge in [-0.2, -0.15) is 0 Å². The topological polar surface area (TPSA) is 85.8 Å². The van der Waals surface area contributed by atoms with Crippen LogP contribution in [0, 0.1) is 6.92 Å². The number of nitrogens with zero attached hydrogens (tertiary/aromatic N) is 4. The highest BCUT2D eigenvalue weighted by Gasteiger charge is 2.15. The van der Waals surface area contributed by atoms with Crippen molar-refractivity contribution in [3.05, 3.63) is 53.3 Å². The molecule has 1 amide bonds. The van der Waals surface area contributed by atoms with Crippen molar-refractivity contribution in [2.45, 2.75) is 6.92 Å². The van der Waals surface area contributed by atoms with Crippen molar-refractivity contribution in [3.8, 4) is 11.3 Å². The third-order valence-corrected chi connectivity index (χ3v) is 3.51. The van der Waals surface area contributed by atoms with Crippen LogP contribution in [-0.4, -0.2) is 26.1 Å². The number of anilines is 1. The van der Waals surface area contributed by atoms with Crippen LogP contribution in [0.5, 0.6) is 0 Å². The van der Waals surface area contributed by atoms with Crippen LogP contribution in [-0.2, 0) is 0 Å². The Balaban J connectivity index is 1.79. The van der Waals surface area contributed by atoms with Gasteiger partial charge in [-0.15, -0.1) is 9.90 Å². The molecule has 0 radical (unpaired) electrons. The molecule has 3 rings (SSSR count). The SMILES string of the molecule is C=Cn1nnc(NC(=O)c2ccc(-c3ccc(C)c(Cl)c3)o2)n1. The Hall–Kier alpha value is -2.93. The molecule has 8 heteroatoms. The van der Waals surface area contributed by atoms with Crippen molar-refractivity contribution in [3.63, 3.8) is 0 Å². The number of nitrogens with one attached hydrogen (secondary N) is 1. The number of hydrogen-bond acceptors (Lipinski definition) is 5. The molecular formula is C15H12ClN5O2. The Morgan fingerprint density at radius 3 is 2.91 bits per heavy atom. The van der Waals surface area contributed by atoms with Crippen LogP contribution >= 0.6 is 11.6 Å². The van der Waals surface area contributed by atoms with Crippen molar-refractivity contribution < 1.29 is 9.21 Å². The van der Waals surface area contributed by atoms with Crippen molar-refractivity contribution in [2.75, 3.05) is 5.32 Å². The van der Waals surface area contributed by atoms with E-state index < -0.39 is 5.91 Å². The number of carbonyl (C=O) groups is 1. The normalized spacial score (nSPS) is 10.5. The van der Waals surface area contributed by atoms with Crippen LogP contribution in [0.4, 0.5) is 5.95 Å². The zero-order valence-corrected chi connectivity index (χ0v) is 12.9. The molecule has 23 heavy (non-hydrogen) atoms. The Morgan fingerprint density at radius 1 is 1.39 bits per heavy atom. The molecule has 0 fully saturated rings. The summed E-state index contributed by atoms with van der Waals surface area (Å²) in [5.74, 6) is 0.260. The van der Waals surface area contributed by atoms with Crippen LogP contribution in [0.1, 0.15) is 16.1 Å². The number of rotatable bonds is 4. The maximum atomic E-state index is 12.1. The number of tetrazole rings is 1. The molecular weight excluding hydrogens is 318 g/mol. The zero-order valence-electron chi connectivity index (χ0n) is 12.2. The third-order valence-electron chi connectivity index (χ3n) is 3.10. The number of aromatic nitrogens is 4. The fourth-order valence-corrected chi connectivity index (χ4v) is 2.06. The molecule has 0 aliphatic carbocycles. The summed E-state index contributed by atoms with van der Waals surface area (Å²) in [6.07, 6.45) is 1.36. The first-order chi connectivity index (χ1) is 11.1. The van der Waals surface area contributed by atoms with Gasteiger partial charge in [-0.1, -0.05) is 35.4 Å². The molecule has 0 atom stereocenters. The smallest absolute Gasteiger partial charge is 0.293 e. The van der Waals surface area contributed by atoms with E-state index in [1.54, 1.807) is 18.2 Å². The number of benzene rings is 1. The minimum atomic E-state index is -0.474. The predicted molar refractivity (Wildman–Crippen MR) is 86.0 cm³/mol. The fraction of sp³-hybridized carbons (Fsp3) is 0.0667. The Kier molecular flexibility index (Phi) is 3.94. The maximum absolute atomic E-state index is 12.1. The van der Waals surface area contributed by atoms with Crippen molar-refractivity contribution in [2.24, 2.45) is 0 Å². The van der Waals surface area contributed by atoms with E-state index in [9.17, 15) is 4.79 Å². The minimum absolute atomic E-state index is 0.0613. The van der Waals surface area contributed by atoms with Crippen LogP contribution in [0.2, 0.25) is 5.02 Å². The molecule has 7 nitrogen and oxygen atoms in total. The molecule has 3 aromatic rings. The summed E-state index contributed by atoms with van der Waals surface area (Å²) in [7, 11) is 0. The highest BCUT2D eigenvalue weighted by molar-refractivity contribution is 6.31. The second-order valence-corrected chi connectivity index (χ2v) is 5.11. The number of halogens is 1. The molecule has 2 aromatic heterocycles. The molecule has 0 saturated carbocycles. The van der Waals surface area contributed by atoms with Gasteiger partial charge in [-0.25, -0.2) is 0 Å². The predicted octanol–water partition coefficient (Wildman–Crippen LogP) is 3.25. The summed E-state index contributed by atoms with van der Waals surface area (Å²) in [4.78, 5) is 13.2. The number of amides is 1. The lowest BCUT2D eigenvalue weighted by Crippen LogP contribution is -2.12. The van der Waals surface area contributed by atoms with Gasteiger partial charge in [-0.3, -0.25) is 10.1 Å². The largest absolute Gasteiger partial charge is 0.451 e. The lowest BCUT2D eigenvalue weighted by Gasteiger charge is -2.01. The molecule has 0 unspecified atom stereocenters. The van der Waals surface area contributed by atoms with E-state index in [4.69, 9.17) is 16.0 Å². The number of carbonyl (C=O) groups excluding carboxylic acids is 1. The highest BCUT2D eigenvalue weighted by atomic mass is 35.5. The van der Waals surface area contributed by atoms with Gasteiger partial charge < -0.3 is 4.42 Å². The quantitative estimate of drug-likeness (QED) is 0.794. The van der Waals surface area contributed by atoms with Crippen LogP contribution < -0.4 is 5.32 Å². The Labute approximate surface area is 136 Å². The molecule has 0 spiro atoms. The molecule has 1 N–H and O–H groups in total. The van der Waals surface area contributed by atoms with E-state index in [0.29, 0.717) is 10.8 Å². The van der Waals surface area contributed by atoms with Crippen molar-refractivity contribution in [1.29, 1.82) is 0 Å². The van der Waals surface area contributed by atoms with E-state index in [1.165, 1.54) is 6.20 Å². The minimum Gasteiger partial charge on any atom is -0.451 e. The van der Waals surface area contributed by atoms with Gasteiger partial charge in [0.05, 0.1) is 0 Å². The van der Waals surface area contributed by atoms with Gasteiger partial charge in [0.15, 0.2) is 5.76 Å². The second kappa shape index (κ2) is 6.05. The van der Waals surface area contributed by atoms with Gasteiger partial charge in [0.25, 0.3) is 11.9 Å². The van der Waals surface area contributed by atoms with Crippen LogP contribution in [0.3, 0.4) is 0 Å². The highest BCUT2D eigenvalue weighted by Crippen LogP contribution is 2.27. The lowest BCUT2D eigenvalue weighted by atomic mass is 10.1. The van der Waals surface area contributed by atoms with Gasteiger partial charge in [-0.05, 0) is 35.9 Å². The lowest BCUT2D eigenvalue weighted by molar-refractivity contribution is 0.0996. The van der Waals surface area contributed by atoms with Gasteiger partial charge in [0, 0.05) is 16.8 Å². The monoisotopic (exact) mass is 329 g/mol. The van der Waals surface area contributed by atoms with Crippen molar-refractivity contribution in [1.82, 2.24) is 20.2 Å². The van der Waals surface area contributed by atoms with Crippen molar-refractivity contribution >= 4 is 29.7 Å². The zero-order chi connectivity index (χ0) is 16.4. The first-order valence-electron chi connectivity index (χ1n) is 6.66. The number of aryl methyl sites for hydroxylation is 1. The summed E-state index contributed by atoms with van der Waals surface area (Å²) in [5, 5.41) is 14.3. The average Bonchev–Trinajstić information content (AvgIpc) is 3.19. The average molecular weight is 330 g/mol. The molecule has 0 aliphatic heterocycles. The summed E-state index contributed by atoms with van der Waals surface area (Å²) in [6.45, 7) is 5.40. The first-order valence-corrected chi connectivity index (χ1v) is 7.04. The molecule has 0 aliphatic rings. The molecule has 0 saturated heterocycles. The van der Waals surface area contributed by atoms with E-state index in [1.807, 2.05) is 19.1 Å². The second-order valence-electron chi connectivity index (χ2n) is 4.70. The Morgan fingerprint density at radius 2 is 2.22 bits per heavy atom. The van der Waals surface area contributed by atoms with Crippen LogP contribution in [0.25, 0.3) is 17.5 Å². The van der Waals surface area contributed by atoms with E-state index in [-0.39, 0.29) is 11.7 Å². The Bertz CT molecular complexity index is 884. The molecule has 1 aromatic carbocycles. The summed E-state index contributed by atoms with van der Waals surface area (Å²) in [6, 6.07) is 8.81. The standard InChI is InChI=1S/C15H12ClN5O2/c1-3-21-19-15(18-20-21)17-14(22)13-7-6-12(23-13)10-5-4-9(2)11(16)8-10/h3-8H,1H2,2H3,(H,17,19,22). The van der Waals surface area contributed by atoms with Gasteiger partial charge in [0.2, 0.25) is 0 Å². The number of furan rings is 1. The van der Waals surface area contributed by atoms with Gasteiger partial charge >= 0.3 is 0 Å². The first kappa shape index (κ1) is 15.0. The summed E-state index contributed by atoms with van der Waals surface area (Å²) in [5.41, 5.74) is 1.76. The van der Waals surface area contributed by atoms with E-state index >= 15 is 0 Å². The van der Waals surface area contributed by atoms with Gasteiger partial charge in [0.1, 0.15) is 5.76 Å². The summed E-state index contributed by atoms with van der Waals surface area (Å²) >= 11 is 6.10. The van der Waals surface area contributed by atoms with Crippen LogP contribution in [0.15, 0.2) is 41.3 Å². The fourth-order valence-electron chi connectivity index (χ4n) is 1.88. The van der Waals surface area contributed by atoms with E-state index in [0.717, 1.165) is 15.9 Å². The third kappa shape index (κ3) is 3.14. The number of hydrogen-bond donors (Lipinski definition) is 1. The molecule has 2 heterocycles. The molecule has 0 bridgehead atoms. The summed E-state index contributed by atoms with van der Waals surface area (Å²) < 4.78 is 5.56. The van der Waals surface area contributed by atoms with E-state index in [2.05, 4.69) is 27.3 Å². The maximum Gasteiger partial charge on any atom is 0.293 e. The molecule has 116 valence electrons.